The van der Waals surface area contributed by atoms with Gasteiger partial charge in [0.1, 0.15) is 11.5 Å². The molecule has 0 aliphatic carbocycles. The lowest BCUT2D eigenvalue weighted by molar-refractivity contribution is 0.120. The molecule has 0 saturated heterocycles. The highest BCUT2D eigenvalue weighted by Crippen LogP contribution is 2.21. The van der Waals surface area contributed by atoms with Gasteiger partial charge in [0.2, 0.25) is 0 Å². The van der Waals surface area contributed by atoms with Crippen molar-refractivity contribution in [3.8, 4) is 5.75 Å². The highest BCUT2D eigenvalue weighted by Gasteiger charge is 2.10. The predicted octanol–water partition coefficient (Wildman–Crippen LogP) is 2.04. The van der Waals surface area contributed by atoms with Gasteiger partial charge in [0.15, 0.2) is 5.75 Å². The largest absolute Gasteiger partial charge is 0.513 e. The van der Waals surface area contributed by atoms with Crippen LogP contribution in [-0.2, 0) is 4.74 Å². The summed E-state index contributed by atoms with van der Waals surface area (Å²) in [5.74, 6) is 1.67. The lowest BCUT2D eigenvalue weighted by Crippen LogP contribution is -2.07. The molecule has 66 valence electrons. The van der Waals surface area contributed by atoms with Crippen molar-refractivity contribution in [2.75, 3.05) is 7.11 Å². The molecule has 0 radical (unpaired) electrons. The number of furan rings is 1. The van der Waals surface area contributed by atoms with Crippen molar-refractivity contribution in [2.45, 2.75) is 13.8 Å². The van der Waals surface area contributed by atoms with Crippen molar-refractivity contribution in [2.24, 2.45) is 0 Å². The quantitative estimate of drug-likeness (QED) is 0.605. The number of hydrogen-bond acceptors (Lipinski definition) is 4. The van der Waals surface area contributed by atoms with E-state index in [9.17, 15) is 4.79 Å². The molecule has 0 unspecified atom stereocenters. The van der Waals surface area contributed by atoms with Gasteiger partial charge in [-0.2, -0.15) is 0 Å². The Balaban J connectivity index is 2.75. The lowest BCUT2D eigenvalue weighted by Gasteiger charge is -1.98. The molecule has 0 amide bonds. The Morgan fingerprint density at radius 2 is 2.17 bits per heavy atom. The Kier molecular flexibility index (Phi) is 2.38. The minimum absolute atomic E-state index is 0.402. The summed E-state index contributed by atoms with van der Waals surface area (Å²) >= 11 is 0. The second-order valence-corrected chi connectivity index (χ2v) is 2.33. The van der Waals surface area contributed by atoms with Gasteiger partial charge in [-0.15, -0.1) is 0 Å². The van der Waals surface area contributed by atoms with Crippen molar-refractivity contribution in [3.63, 3.8) is 0 Å². The summed E-state index contributed by atoms with van der Waals surface area (Å²) in [4.78, 5) is 10.7. The third kappa shape index (κ3) is 1.78. The Labute approximate surface area is 70.1 Å². The van der Waals surface area contributed by atoms with E-state index < -0.39 is 6.16 Å². The van der Waals surface area contributed by atoms with E-state index in [-0.39, 0.29) is 0 Å². The maximum atomic E-state index is 10.7. The van der Waals surface area contributed by atoms with Gasteiger partial charge in [-0.3, -0.25) is 0 Å². The summed E-state index contributed by atoms with van der Waals surface area (Å²) < 4.78 is 14.2. The Hall–Kier alpha value is -1.45. The van der Waals surface area contributed by atoms with Crippen molar-refractivity contribution >= 4 is 6.16 Å². The molecule has 0 aromatic carbocycles. The van der Waals surface area contributed by atoms with Gasteiger partial charge >= 0.3 is 6.16 Å². The first-order valence-corrected chi connectivity index (χ1v) is 3.46. The molecule has 0 spiro atoms. The van der Waals surface area contributed by atoms with E-state index in [1.165, 1.54) is 7.11 Å². The zero-order chi connectivity index (χ0) is 9.14. The van der Waals surface area contributed by atoms with Crippen LogP contribution in [0.25, 0.3) is 0 Å². The fourth-order valence-electron chi connectivity index (χ4n) is 0.840. The number of carbonyl (C=O) groups is 1. The monoisotopic (exact) mass is 170 g/mol. The average molecular weight is 170 g/mol. The number of methoxy groups -OCH3 is 1. The van der Waals surface area contributed by atoms with E-state index in [4.69, 9.17) is 9.15 Å². The van der Waals surface area contributed by atoms with Crippen molar-refractivity contribution in [1.29, 1.82) is 0 Å². The SMILES string of the molecule is COC(=O)Oc1cc(C)oc1C. The summed E-state index contributed by atoms with van der Waals surface area (Å²) in [6.45, 7) is 3.49. The van der Waals surface area contributed by atoms with Crippen LogP contribution in [0.1, 0.15) is 11.5 Å². The molecule has 1 heterocycles. The van der Waals surface area contributed by atoms with Gasteiger partial charge in [-0.05, 0) is 13.8 Å². The second-order valence-electron chi connectivity index (χ2n) is 2.33. The maximum Gasteiger partial charge on any atom is 0.513 e. The summed E-state index contributed by atoms with van der Waals surface area (Å²) in [6.07, 6.45) is -0.737. The van der Waals surface area contributed by atoms with Crippen LogP contribution in [0.4, 0.5) is 4.79 Å². The molecule has 0 aliphatic rings. The maximum absolute atomic E-state index is 10.7. The highest BCUT2D eigenvalue weighted by atomic mass is 16.7. The molecule has 4 heteroatoms. The van der Waals surface area contributed by atoms with Crippen LogP contribution in [0.2, 0.25) is 0 Å². The first kappa shape index (κ1) is 8.64. The summed E-state index contributed by atoms with van der Waals surface area (Å²) in [5.41, 5.74) is 0. The minimum Gasteiger partial charge on any atom is -0.463 e. The van der Waals surface area contributed by atoms with Crippen LogP contribution >= 0.6 is 0 Å². The molecule has 0 fully saturated rings. The van der Waals surface area contributed by atoms with E-state index in [0.717, 1.165) is 0 Å². The molecule has 12 heavy (non-hydrogen) atoms. The highest BCUT2D eigenvalue weighted by molar-refractivity contribution is 5.63. The van der Waals surface area contributed by atoms with Crippen LogP contribution < -0.4 is 4.74 Å². The van der Waals surface area contributed by atoms with E-state index in [2.05, 4.69) is 4.74 Å². The Morgan fingerprint density at radius 1 is 1.50 bits per heavy atom. The zero-order valence-corrected chi connectivity index (χ0v) is 7.21. The smallest absolute Gasteiger partial charge is 0.463 e. The van der Waals surface area contributed by atoms with Crippen LogP contribution in [0.3, 0.4) is 0 Å². The van der Waals surface area contributed by atoms with Crippen LogP contribution in [0.15, 0.2) is 10.5 Å². The summed E-state index contributed by atoms with van der Waals surface area (Å²) in [5, 5.41) is 0. The third-order valence-corrected chi connectivity index (χ3v) is 1.36. The van der Waals surface area contributed by atoms with Gasteiger partial charge in [-0.1, -0.05) is 0 Å². The van der Waals surface area contributed by atoms with E-state index in [0.29, 0.717) is 17.3 Å². The fraction of sp³-hybridized carbons (Fsp3) is 0.375. The van der Waals surface area contributed by atoms with Gasteiger partial charge in [0.25, 0.3) is 0 Å². The molecule has 0 aliphatic heterocycles. The van der Waals surface area contributed by atoms with Gasteiger partial charge in [0.05, 0.1) is 7.11 Å². The van der Waals surface area contributed by atoms with E-state index in [1.807, 2.05) is 0 Å². The number of aryl methyl sites for hydroxylation is 2. The number of hydrogen-bond donors (Lipinski definition) is 0. The molecule has 0 bridgehead atoms. The molecule has 1 rings (SSSR count). The normalized spacial score (nSPS) is 9.58. The predicted molar refractivity (Wildman–Crippen MR) is 41.2 cm³/mol. The van der Waals surface area contributed by atoms with Gasteiger partial charge in [0, 0.05) is 6.07 Å². The lowest BCUT2D eigenvalue weighted by atomic mass is 10.4. The summed E-state index contributed by atoms with van der Waals surface area (Å²) in [7, 11) is 1.25. The first-order chi connectivity index (χ1) is 5.63. The molecule has 0 N–H and O–H groups in total. The van der Waals surface area contributed by atoms with Crippen LogP contribution in [-0.4, -0.2) is 13.3 Å². The second kappa shape index (κ2) is 3.30. The minimum atomic E-state index is -0.737. The molecule has 0 atom stereocenters. The molecule has 1 aromatic heterocycles. The molecule has 1 aromatic rings. The van der Waals surface area contributed by atoms with Gasteiger partial charge < -0.3 is 13.9 Å². The first-order valence-electron chi connectivity index (χ1n) is 3.46. The van der Waals surface area contributed by atoms with Crippen molar-refractivity contribution in [3.05, 3.63) is 17.6 Å². The number of carbonyl (C=O) groups excluding carboxylic acids is 1. The fourth-order valence-corrected chi connectivity index (χ4v) is 0.840. The Morgan fingerprint density at radius 3 is 2.58 bits per heavy atom. The van der Waals surface area contributed by atoms with E-state index >= 15 is 0 Å². The number of rotatable bonds is 1. The average Bonchev–Trinajstić information content (AvgIpc) is 2.30. The number of ether oxygens (including phenoxy) is 2. The van der Waals surface area contributed by atoms with Crippen molar-refractivity contribution < 1.29 is 18.7 Å². The molecule has 4 nitrogen and oxygen atoms in total. The van der Waals surface area contributed by atoms with E-state index in [1.54, 1.807) is 19.9 Å². The third-order valence-electron chi connectivity index (χ3n) is 1.36. The summed E-state index contributed by atoms with van der Waals surface area (Å²) in [6, 6.07) is 1.63. The van der Waals surface area contributed by atoms with Crippen LogP contribution in [0.5, 0.6) is 5.75 Å². The molecular weight excluding hydrogens is 160 g/mol. The zero-order valence-electron chi connectivity index (χ0n) is 7.21. The molecule has 0 saturated carbocycles. The molecular formula is C8H10O4. The topological polar surface area (TPSA) is 48.7 Å². The van der Waals surface area contributed by atoms with Crippen LogP contribution in [0, 0.1) is 13.8 Å². The van der Waals surface area contributed by atoms with Gasteiger partial charge in [-0.25, -0.2) is 4.79 Å². The standard InChI is InChI=1S/C8H10O4/c1-5-4-7(6(2)11-5)12-8(9)10-3/h4H,1-3H3. The van der Waals surface area contributed by atoms with Crippen molar-refractivity contribution in [1.82, 2.24) is 0 Å². The Bertz CT molecular complexity index is 287.